The molecule has 3 rings (SSSR count). The number of carbonyl (C=O) groups is 1. The molecule has 0 saturated heterocycles. The SMILES string of the molecule is C[N+]([O-])(COCc1cc(C(F)(F)F)cc(C(F)(F)F)c1)C1CCc2cc(/C=C/C(=O)NO)ccc21. The Hall–Kier alpha value is -2.93. The fourth-order valence-electron chi connectivity index (χ4n) is 4.03. The van der Waals surface area contributed by atoms with Crippen molar-refractivity contribution < 1.29 is 45.7 Å². The van der Waals surface area contributed by atoms with Crippen molar-refractivity contribution in [3.63, 3.8) is 0 Å². The van der Waals surface area contributed by atoms with Gasteiger partial charge in [0, 0.05) is 18.1 Å². The van der Waals surface area contributed by atoms with Crippen LogP contribution in [-0.4, -0.2) is 29.5 Å². The zero-order valence-corrected chi connectivity index (χ0v) is 18.4. The number of ether oxygens (including phenoxy) is 1. The fourth-order valence-corrected chi connectivity index (χ4v) is 4.03. The van der Waals surface area contributed by atoms with Gasteiger partial charge in [-0.3, -0.25) is 10.0 Å². The van der Waals surface area contributed by atoms with Gasteiger partial charge >= 0.3 is 12.4 Å². The van der Waals surface area contributed by atoms with E-state index in [9.17, 15) is 36.3 Å². The summed E-state index contributed by atoms with van der Waals surface area (Å²) in [6.07, 6.45) is -6.30. The third-order valence-corrected chi connectivity index (χ3v) is 5.67. The standard InChI is InChI=1S/C23H22F6N2O4/c1-31(34,20-6-4-16-8-14(2-5-19(16)20)3-7-21(32)30-33)13-35-12-15-9-17(22(24,25)26)11-18(10-15)23(27,28)29/h2-3,5,7-11,20,33H,4,6,12-13H2,1H3,(H,30,32)/b7-3+. The average molecular weight is 504 g/mol. The summed E-state index contributed by atoms with van der Waals surface area (Å²) in [6, 6.07) is 5.82. The summed E-state index contributed by atoms with van der Waals surface area (Å²) >= 11 is 0. The number of aryl methyl sites for hydroxylation is 1. The molecule has 0 saturated carbocycles. The second kappa shape index (κ2) is 9.97. The molecule has 2 atom stereocenters. The topological polar surface area (TPSA) is 81.6 Å². The Morgan fingerprint density at radius 3 is 2.34 bits per heavy atom. The van der Waals surface area contributed by atoms with Gasteiger partial charge in [0.15, 0.2) is 6.73 Å². The van der Waals surface area contributed by atoms with Gasteiger partial charge in [-0.15, -0.1) is 0 Å². The number of carbonyl (C=O) groups excluding carboxylic acids is 1. The van der Waals surface area contributed by atoms with Crippen LogP contribution in [0.3, 0.4) is 0 Å². The molecule has 2 N–H and O–H groups in total. The summed E-state index contributed by atoms with van der Waals surface area (Å²) in [5.41, 5.74) is 0.520. The Morgan fingerprint density at radius 1 is 1.14 bits per heavy atom. The normalized spacial score (nSPS) is 17.9. The average Bonchev–Trinajstić information content (AvgIpc) is 3.20. The van der Waals surface area contributed by atoms with E-state index in [1.807, 2.05) is 0 Å². The number of hydrogen-bond acceptors (Lipinski definition) is 4. The van der Waals surface area contributed by atoms with Crippen molar-refractivity contribution in [2.45, 2.75) is 37.8 Å². The predicted octanol–water partition coefficient (Wildman–Crippen LogP) is 5.35. The Balaban J connectivity index is 1.71. The van der Waals surface area contributed by atoms with Crippen molar-refractivity contribution in [1.29, 1.82) is 0 Å². The molecule has 1 aliphatic rings. The molecule has 12 heteroatoms. The summed E-state index contributed by atoms with van der Waals surface area (Å²) in [5, 5.41) is 21.7. The maximum atomic E-state index is 13.2. The number of hydroxylamine groups is 4. The lowest BCUT2D eigenvalue weighted by atomic mass is 10.0. The van der Waals surface area contributed by atoms with Gasteiger partial charge < -0.3 is 14.6 Å². The van der Waals surface area contributed by atoms with Crippen LogP contribution >= 0.6 is 0 Å². The first-order valence-electron chi connectivity index (χ1n) is 10.4. The summed E-state index contributed by atoms with van der Waals surface area (Å²) in [6.45, 7) is -1.08. The van der Waals surface area contributed by atoms with Gasteiger partial charge in [-0.2, -0.15) is 26.3 Å². The first-order chi connectivity index (χ1) is 16.2. The van der Waals surface area contributed by atoms with Gasteiger partial charge in [0.25, 0.3) is 5.91 Å². The van der Waals surface area contributed by atoms with E-state index in [1.54, 1.807) is 18.2 Å². The molecule has 6 nitrogen and oxygen atoms in total. The van der Waals surface area contributed by atoms with E-state index in [-0.39, 0.29) is 11.6 Å². The number of rotatable bonds is 7. The maximum Gasteiger partial charge on any atom is 0.416 e. The number of benzene rings is 2. The lowest BCUT2D eigenvalue weighted by Crippen LogP contribution is -2.42. The molecule has 1 aliphatic carbocycles. The highest BCUT2D eigenvalue weighted by atomic mass is 19.4. The molecule has 0 aromatic heterocycles. The van der Waals surface area contributed by atoms with Crippen LogP contribution in [0.1, 0.15) is 45.8 Å². The van der Waals surface area contributed by atoms with Crippen molar-refractivity contribution in [2.24, 2.45) is 0 Å². The Bertz CT molecular complexity index is 1080. The number of nitrogens with zero attached hydrogens (tertiary/aromatic N) is 1. The van der Waals surface area contributed by atoms with E-state index in [0.29, 0.717) is 30.5 Å². The molecule has 0 radical (unpaired) electrons. The number of hydrogen-bond donors (Lipinski definition) is 2. The highest BCUT2D eigenvalue weighted by Crippen LogP contribution is 2.40. The molecule has 0 heterocycles. The van der Waals surface area contributed by atoms with Crippen LogP contribution in [0.5, 0.6) is 0 Å². The fraction of sp³-hybridized carbons (Fsp3) is 0.348. The maximum absolute atomic E-state index is 13.2. The van der Waals surface area contributed by atoms with Crippen molar-refractivity contribution in [3.8, 4) is 0 Å². The molecule has 0 aliphatic heterocycles. The Kier molecular flexibility index (Phi) is 7.60. The third-order valence-electron chi connectivity index (χ3n) is 5.67. The molecule has 0 spiro atoms. The molecule has 2 aromatic rings. The van der Waals surface area contributed by atoms with E-state index in [0.717, 1.165) is 17.2 Å². The zero-order chi connectivity index (χ0) is 26.0. The van der Waals surface area contributed by atoms with Crippen LogP contribution in [0.4, 0.5) is 26.3 Å². The van der Waals surface area contributed by atoms with Crippen molar-refractivity contribution in [2.75, 3.05) is 13.8 Å². The molecule has 0 fully saturated rings. The number of amides is 1. The van der Waals surface area contributed by atoms with Gasteiger partial charge in [-0.1, -0.05) is 18.2 Å². The number of nitrogens with one attached hydrogen (secondary N) is 1. The lowest BCUT2D eigenvalue weighted by Gasteiger charge is -2.43. The molecule has 2 unspecified atom stereocenters. The smallest absolute Gasteiger partial charge is 0.416 e. The first kappa shape index (κ1) is 26.7. The minimum Gasteiger partial charge on any atom is -0.631 e. The number of quaternary nitrogens is 1. The Labute approximate surface area is 196 Å². The molecule has 0 bridgehead atoms. The lowest BCUT2D eigenvalue weighted by molar-refractivity contribution is -0.911. The minimum absolute atomic E-state index is 0.0341. The van der Waals surface area contributed by atoms with Crippen LogP contribution in [0, 0.1) is 5.21 Å². The number of halogens is 6. The molecule has 190 valence electrons. The van der Waals surface area contributed by atoms with Crippen molar-refractivity contribution in [1.82, 2.24) is 5.48 Å². The molecule has 35 heavy (non-hydrogen) atoms. The van der Waals surface area contributed by atoms with Crippen LogP contribution in [0.2, 0.25) is 0 Å². The molecular formula is C23H22F6N2O4. The van der Waals surface area contributed by atoms with Crippen molar-refractivity contribution >= 4 is 12.0 Å². The van der Waals surface area contributed by atoms with Crippen LogP contribution < -0.4 is 5.48 Å². The highest BCUT2D eigenvalue weighted by molar-refractivity contribution is 5.90. The quantitative estimate of drug-likeness (QED) is 0.133. The highest BCUT2D eigenvalue weighted by Gasteiger charge is 2.37. The summed E-state index contributed by atoms with van der Waals surface area (Å²) < 4.78 is 82.5. The molecular weight excluding hydrogens is 482 g/mol. The summed E-state index contributed by atoms with van der Waals surface area (Å²) in [7, 11) is 1.33. The number of fused-ring (bicyclic) bond motifs is 1. The van der Waals surface area contributed by atoms with Gasteiger partial charge in [0.1, 0.15) is 6.04 Å². The summed E-state index contributed by atoms with van der Waals surface area (Å²) in [5.74, 6) is -0.701. The molecule has 1 amide bonds. The van der Waals surface area contributed by atoms with E-state index in [1.165, 1.54) is 18.6 Å². The van der Waals surface area contributed by atoms with E-state index in [4.69, 9.17) is 9.94 Å². The van der Waals surface area contributed by atoms with Crippen LogP contribution in [0.15, 0.2) is 42.5 Å². The molecule has 2 aromatic carbocycles. The monoisotopic (exact) mass is 504 g/mol. The largest absolute Gasteiger partial charge is 0.631 e. The van der Waals surface area contributed by atoms with E-state index < -0.39 is 53.4 Å². The van der Waals surface area contributed by atoms with E-state index >= 15 is 0 Å². The van der Waals surface area contributed by atoms with Gasteiger partial charge in [-0.25, -0.2) is 5.48 Å². The summed E-state index contributed by atoms with van der Waals surface area (Å²) in [4.78, 5) is 11.1. The van der Waals surface area contributed by atoms with Crippen LogP contribution in [-0.2, 0) is 34.9 Å². The minimum atomic E-state index is -4.97. The van der Waals surface area contributed by atoms with Gasteiger partial charge in [-0.05, 0) is 47.4 Å². The predicted molar refractivity (Wildman–Crippen MR) is 112 cm³/mol. The second-order valence-corrected chi connectivity index (χ2v) is 8.39. The number of alkyl halides is 6. The van der Waals surface area contributed by atoms with Crippen molar-refractivity contribution in [3.05, 3.63) is 81.1 Å². The Morgan fingerprint density at radius 2 is 1.77 bits per heavy atom. The van der Waals surface area contributed by atoms with Gasteiger partial charge in [0.05, 0.1) is 24.8 Å². The van der Waals surface area contributed by atoms with E-state index in [2.05, 4.69) is 0 Å². The first-order valence-corrected chi connectivity index (χ1v) is 10.4. The third kappa shape index (κ3) is 6.60. The van der Waals surface area contributed by atoms with Gasteiger partial charge in [0.2, 0.25) is 0 Å². The zero-order valence-electron chi connectivity index (χ0n) is 18.4. The second-order valence-electron chi connectivity index (χ2n) is 8.39. The van der Waals surface area contributed by atoms with Crippen LogP contribution in [0.25, 0.3) is 6.08 Å².